The van der Waals surface area contributed by atoms with Crippen LogP contribution in [-0.2, 0) is 11.3 Å². The fourth-order valence-electron chi connectivity index (χ4n) is 2.61. The molecular formula is C18H25N5O2S. The molecule has 2 rings (SSSR count). The maximum absolute atomic E-state index is 12.7. The van der Waals surface area contributed by atoms with Crippen LogP contribution in [0.4, 0.5) is 0 Å². The number of nitrogens with two attached hydrogens (primary N) is 1. The van der Waals surface area contributed by atoms with Gasteiger partial charge in [0, 0.05) is 12.1 Å². The Kier molecular flexibility index (Phi) is 6.79. The van der Waals surface area contributed by atoms with Crippen molar-refractivity contribution in [2.45, 2.75) is 45.4 Å². The second-order valence-electron chi connectivity index (χ2n) is 6.40. The van der Waals surface area contributed by atoms with E-state index in [0.29, 0.717) is 23.1 Å². The molecule has 1 heterocycles. The summed E-state index contributed by atoms with van der Waals surface area (Å²) in [5.41, 5.74) is 6.86. The Morgan fingerprint density at radius 1 is 1.31 bits per heavy atom. The molecule has 0 aliphatic carbocycles. The Labute approximate surface area is 157 Å². The first-order chi connectivity index (χ1) is 12.3. The Morgan fingerprint density at radius 2 is 2.04 bits per heavy atom. The summed E-state index contributed by atoms with van der Waals surface area (Å²) < 4.78 is 1.91. The van der Waals surface area contributed by atoms with Gasteiger partial charge in [-0.15, -0.1) is 10.2 Å². The Bertz CT molecular complexity index is 788. The quantitative estimate of drug-likeness (QED) is 0.689. The molecule has 7 nitrogen and oxygen atoms in total. The van der Waals surface area contributed by atoms with Crippen LogP contribution in [0, 0.1) is 12.8 Å². The number of nitrogens with one attached hydrogen (secondary N) is 1. The zero-order valence-corrected chi connectivity index (χ0v) is 16.3. The van der Waals surface area contributed by atoms with E-state index in [-0.39, 0.29) is 23.6 Å². The van der Waals surface area contributed by atoms with Crippen LogP contribution in [0.5, 0.6) is 0 Å². The average Bonchev–Trinajstić information content (AvgIpc) is 2.99. The molecule has 0 saturated carbocycles. The number of amides is 2. The molecule has 1 aromatic carbocycles. The van der Waals surface area contributed by atoms with Gasteiger partial charge in [-0.2, -0.15) is 0 Å². The molecule has 140 valence electrons. The van der Waals surface area contributed by atoms with E-state index in [1.807, 2.05) is 50.5 Å². The first-order valence-electron chi connectivity index (χ1n) is 8.55. The topological polar surface area (TPSA) is 103 Å². The van der Waals surface area contributed by atoms with E-state index in [1.54, 1.807) is 6.07 Å². The molecule has 26 heavy (non-hydrogen) atoms. The summed E-state index contributed by atoms with van der Waals surface area (Å²) in [5.74, 6) is 0.377. The predicted molar refractivity (Wildman–Crippen MR) is 102 cm³/mol. The third-order valence-corrected chi connectivity index (χ3v) is 4.91. The Balaban J connectivity index is 2.26. The number of benzene rings is 1. The van der Waals surface area contributed by atoms with Crippen molar-refractivity contribution in [3.63, 3.8) is 0 Å². The van der Waals surface area contributed by atoms with E-state index in [9.17, 15) is 9.59 Å². The molecule has 2 aromatic rings. The summed E-state index contributed by atoms with van der Waals surface area (Å²) in [4.78, 5) is 23.7. The van der Waals surface area contributed by atoms with Crippen LogP contribution in [0.1, 0.15) is 48.6 Å². The fourth-order valence-corrected chi connectivity index (χ4v) is 3.36. The summed E-state index contributed by atoms with van der Waals surface area (Å²) >= 11 is 1.25. The molecule has 3 N–H and O–H groups in total. The third-order valence-electron chi connectivity index (χ3n) is 3.92. The summed E-state index contributed by atoms with van der Waals surface area (Å²) in [6, 6.07) is 7.16. The molecule has 8 heteroatoms. The molecule has 2 amide bonds. The van der Waals surface area contributed by atoms with Gasteiger partial charge < -0.3 is 15.6 Å². The van der Waals surface area contributed by atoms with Crippen LogP contribution >= 0.6 is 11.8 Å². The van der Waals surface area contributed by atoms with Gasteiger partial charge in [0.1, 0.15) is 0 Å². The first kappa shape index (κ1) is 20.0. The second-order valence-corrected chi connectivity index (χ2v) is 7.35. The van der Waals surface area contributed by atoms with Crippen molar-refractivity contribution in [3.05, 3.63) is 41.2 Å². The number of aryl methyl sites for hydroxylation is 1. The monoisotopic (exact) mass is 375 g/mol. The van der Waals surface area contributed by atoms with E-state index in [1.165, 1.54) is 11.8 Å². The van der Waals surface area contributed by atoms with E-state index >= 15 is 0 Å². The molecule has 1 atom stereocenters. The zero-order valence-electron chi connectivity index (χ0n) is 15.5. The fraction of sp³-hybridized carbons (Fsp3) is 0.444. The van der Waals surface area contributed by atoms with E-state index in [0.717, 1.165) is 5.56 Å². The zero-order chi connectivity index (χ0) is 19.3. The van der Waals surface area contributed by atoms with Crippen LogP contribution in [-0.4, -0.2) is 32.3 Å². The van der Waals surface area contributed by atoms with Crippen LogP contribution in [0.2, 0.25) is 0 Å². The van der Waals surface area contributed by atoms with E-state index < -0.39 is 5.91 Å². The highest BCUT2D eigenvalue weighted by molar-refractivity contribution is 7.99. The van der Waals surface area contributed by atoms with Gasteiger partial charge in [-0.05, 0) is 31.9 Å². The van der Waals surface area contributed by atoms with Crippen molar-refractivity contribution in [3.8, 4) is 0 Å². The SMILES string of the molecule is CCn1c(SCC(N)=O)nnc1[C@@H](NC(=O)c1cccc(C)c1)C(C)C. The molecule has 0 aliphatic heterocycles. The summed E-state index contributed by atoms with van der Waals surface area (Å²) in [6.07, 6.45) is 0. The molecule has 1 aromatic heterocycles. The number of hydrogen-bond acceptors (Lipinski definition) is 5. The van der Waals surface area contributed by atoms with Crippen molar-refractivity contribution in [1.29, 1.82) is 0 Å². The molecule has 0 fully saturated rings. The minimum absolute atomic E-state index is 0.118. The number of carbonyl (C=O) groups excluding carboxylic acids is 2. The van der Waals surface area contributed by atoms with Crippen molar-refractivity contribution in [1.82, 2.24) is 20.1 Å². The van der Waals surface area contributed by atoms with Gasteiger partial charge in [-0.25, -0.2) is 0 Å². The highest BCUT2D eigenvalue weighted by atomic mass is 32.2. The van der Waals surface area contributed by atoms with E-state index in [2.05, 4.69) is 15.5 Å². The van der Waals surface area contributed by atoms with Gasteiger partial charge in [-0.1, -0.05) is 43.3 Å². The minimum Gasteiger partial charge on any atom is -0.369 e. The molecule has 0 spiro atoms. The summed E-state index contributed by atoms with van der Waals surface area (Å²) in [7, 11) is 0. The lowest BCUT2D eigenvalue weighted by atomic mass is 10.0. The smallest absolute Gasteiger partial charge is 0.251 e. The molecule has 0 aliphatic rings. The van der Waals surface area contributed by atoms with Crippen molar-refractivity contribution in [2.75, 3.05) is 5.75 Å². The molecule has 0 radical (unpaired) electrons. The minimum atomic E-state index is -0.407. The van der Waals surface area contributed by atoms with Gasteiger partial charge in [0.15, 0.2) is 11.0 Å². The number of thioether (sulfide) groups is 1. The lowest BCUT2D eigenvalue weighted by Gasteiger charge is -2.22. The Morgan fingerprint density at radius 3 is 2.62 bits per heavy atom. The number of hydrogen-bond donors (Lipinski definition) is 2. The second kappa shape index (κ2) is 8.84. The number of rotatable bonds is 8. The largest absolute Gasteiger partial charge is 0.369 e. The number of carbonyl (C=O) groups is 2. The third kappa shape index (κ3) is 4.85. The molecule has 0 saturated heterocycles. The van der Waals surface area contributed by atoms with Gasteiger partial charge in [0.2, 0.25) is 5.91 Å². The molecule has 0 unspecified atom stereocenters. The van der Waals surface area contributed by atoms with Crippen LogP contribution < -0.4 is 11.1 Å². The number of nitrogens with zero attached hydrogens (tertiary/aromatic N) is 3. The van der Waals surface area contributed by atoms with Crippen molar-refractivity contribution < 1.29 is 9.59 Å². The Hall–Kier alpha value is -2.35. The van der Waals surface area contributed by atoms with E-state index in [4.69, 9.17) is 5.73 Å². The molecule has 0 bridgehead atoms. The lowest BCUT2D eigenvalue weighted by Crippen LogP contribution is -2.33. The molecular weight excluding hydrogens is 350 g/mol. The van der Waals surface area contributed by atoms with Crippen LogP contribution in [0.25, 0.3) is 0 Å². The van der Waals surface area contributed by atoms with Gasteiger partial charge in [0.05, 0.1) is 11.8 Å². The maximum Gasteiger partial charge on any atom is 0.251 e. The van der Waals surface area contributed by atoms with Crippen LogP contribution in [0.15, 0.2) is 29.4 Å². The summed E-state index contributed by atoms with van der Waals surface area (Å²) in [6.45, 7) is 8.60. The summed E-state index contributed by atoms with van der Waals surface area (Å²) in [5, 5.41) is 12.1. The van der Waals surface area contributed by atoms with Gasteiger partial charge in [0.25, 0.3) is 5.91 Å². The normalized spacial score (nSPS) is 12.2. The van der Waals surface area contributed by atoms with Gasteiger partial charge in [-0.3, -0.25) is 9.59 Å². The van der Waals surface area contributed by atoms with Gasteiger partial charge >= 0.3 is 0 Å². The highest BCUT2D eigenvalue weighted by Gasteiger charge is 2.26. The predicted octanol–water partition coefficient (Wildman–Crippen LogP) is 2.31. The average molecular weight is 375 g/mol. The number of primary amides is 1. The highest BCUT2D eigenvalue weighted by Crippen LogP contribution is 2.25. The standard InChI is InChI=1S/C18H25N5O2S/c1-5-23-16(21-22-18(23)26-10-14(19)24)15(11(2)3)20-17(25)13-8-6-7-12(4)9-13/h6-9,11,15H,5,10H2,1-4H3,(H2,19,24)(H,20,25)/t15-/m0/s1. The lowest BCUT2D eigenvalue weighted by molar-refractivity contribution is -0.115. The maximum atomic E-state index is 12.7. The van der Waals surface area contributed by atoms with Crippen LogP contribution in [0.3, 0.4) is 0 Å². The first-order valence-corrected chi connectivity index (χ1v) is 9.53. The number of aromatic nitrogens is 3. The van der Waals surface area contributed by atoms with Crippen molar-refractivity contribution in [2.24, 2.45) is 11.7 Å². The van der Waals surface area contributed by atoms with Crippen molar-refractivity contribution >= 4 is 23.6 Å².